The molecule has 0 bridgehead atoms. The van der Waals surface area contributed by atoms with E-state index in [1.165, 1.54) is 22.8 Å². The number of pyridine rings is 1. The van der Waals surface area contributed by atoms with Crippen LogP contribution in [0.3, 0.4) is 0 Å². The Labute approximate surface area is 220 Å². The van der Waals surface area contributed by atoms with E-state index in [9.17, 15) is 19.2 Å². The van der Waals surface area contributed by atoms with Crippen LogP contribution in [0.1, 0.15) is 59.7 Å². The molecular formula is C26H30Cl2N2O6. The average molecular weight is 537 g/mol. The van der Waals surface area contributed by atoms with Crippen molar-refractivity contribution in [2.24, 2.45) is 0 Å². The number of carbonyl (C=O) groups excluding carboxylic acids is 3. The van der Waals surface area contributed by atoms with Crippen molar-refractivity contribution in [1.82, 2.24) is 4.57 Å². The standard InChI is InChI=1S/C26H30Cl2N2O6/c1-25(2,3)35-23(33)30(24(34)36-26(4,5)6)19-9-7-16(28)13-18(19)15-11-17-8-10-20(21(31)14-27)29(17)22(32)12-15/h7,9,11-13,20H,8,10,14H2,1-6H3. The fourth-order valence-corrected chi connectivity index (χ4v) is 4.32. The maximum absolute atomic E-state index is 13.2. The molecule has 10 heteroatoms. The Morgan fingerprint density at radius 2 is 1.58 bits per heavy atom. The molecule has 1 unspecified atom stereocenters. The van der Waals surface area contributed by atoms with Crippen molar-refractivity contribution in [2.75, 3.05) is 10.8 Å². The van der Waals surface area contributed by atoms with Crippen molar-refractivity contribution in [3.05, 3.63) is 51.4 Å². The van der Waals surface area contributed by atoms with E-state index in [0.717, 1.165) is 4.90 Å². The first-order valence-corrected chi connectivity index (χ1v) is 12.4. The minimum Gasteiger partial charge on any atom is -0.443 e. The first-order chi connectivity index (χ1) is 16.6. The summed E-state index contributed by atoms with van der Waals surface area (Å²) in [6.45, 7) is 10.1. The summed E-state index contributed by atoms with van der Waals surface area (Å²) in [6.07, 6.45) is -0.917. The highest BCUT2D eigenvalue weighted by molar-refractivity contribution is 6.31. The van der Waals surface area contributed by atoms with Gasteiger partial charge in [0.15, 0.2) is 5.78 Å². The third kappa shape index (κ3) is 6.28. The number of ether oxygens (including phenoxy) is 2. The van der Waals surface area contributed by atoms with Crippen molar-refractivity contribution in [3.63, 3.8) is 0 Å². The van der Waals surface area contributed by atoms with Crippen LogP contribution in [-0.2, 0) is 20.7 Å². The lowest BCUT2D eigenvalue weighted by molar-refractivity contribution is -0.119. The fraction of sp³-hybridized carbons (Fsp3) is 0.462. The Hall–Kier alpha value is -2.84. The lowest BCUT2D eigenvalue weighted by atomic mass is 10.0. The highest BCUT2D eigenvalue weighted by Gasteiger charge is 2.35. The molecular weight excluding hydrogens is 507 g/mol. The van der Waals surface area contributed by atoms with Gasteiger partial charge in [0.1, 0.15) is 11.2 Å². The zero-order valence-electron chi connectivity index (χ0n) is 21.2. The molecule has 8 nitrogen and oxygen atoms in total. The second kappa shape index (κ2) is 10.3. The first kappa shape index (κ1) is 27.7. The number of aromatic nitrogens is 1. The van der Waals surface area contributed by atoms with Crippen LogP contribution in [0.2, 0.25) is 5.02 Å². The van der Waals surface area contributed by atoms with Gasteiger partial charge in [0.2, 0.25) is 0 Å². The van der Waals surface area contributed by atoms with Crippen LogP contribution in [-0.4, -0.2) is 39.6 Å². The number of halogens is 2. The van der Waals surface area contributed by atoms with Gasteiger partial charge >= 0.3 is 12.2 Å². The van der Waals surface area contributed by atoms with E-state index in [4.69, 9.17) is 32.7 Å². The zero-order valence-corrected chi connectivity index (χ0v) is 22.7. The zero-order chi connectivity index (χ0) is 27.0. The van der Waals surface area contributed by atoms with Crippen LogP contribution in [0.25, 0.3) is 11.1 Å². The third-order valence-corrected chi connectivity index (χ3v) is 5.80. The van der Waals surface area contributed by atoms with Gasteiger partial charge in [0.25, 0.3) is 5.56 Å². The van der Waals surface area contributed by atoms with Crippen LogP contribution in [0, 0.1) is 0 Å². The number of rotatable bonds is 4. The molecule has 2 heterocycles. The molecule has 2 amide bonds. The van der Waals surface area contributed by atoms with E-state index in [-0.39, 0.29) is 17.4 Å². The number of carbonyl (C=O) groups is 3. The number of fused-ring (bicyclic) bond motifs is 1. The molecule has 0 saturated carbocycles. The van der Waals surface area contributed by atoms with Crippen molar-refractivity contribution in [2.45, 2.75) is 71.6 Å². The number of imide groups is 1. The van der Waals surface area contributed by atoms with Gasteiger partial charge in [-0.05, 0) is 84.2 Å². The van der Waals surface area contributed by atoms with E-state index in [1.807, 2.05) is 0 Å². The lowest BCUT2D eigenvalue weighted by Crippen LogP contribution is -2.44. The molecule has 0 N–H and O–H groups in total. The Bertz CT molecular complexity index is 1230. The van der Waals surface area contributed by atoms with Crippen LogP contribution < -0.4 is 10.5 Å². The second-order valence-electron chi connectivity index (χ2n) is 10.6. The van der Waals surface area contributed by atoms with Gasteiger partial charge in [-0.1, -0.05) is 11.6 Å². The fourth-order valence-electron chi connectivity index (χ4n) is 3.97. The molecule has 2 aromatic rings. The van der Waals surface area contributed by atoms with Crippen molar-refractivity contribution >= 4 is 46.9 Å². The number of Topliss-reactive ketones (excluding diaryl/α,β-unsaturated/α-hetero) is 1. The van der Waals surface area contributed by atoms with Gasteiger partial charge in [-0.2, -0.15) is 4.90 Å². The molecule has 1 aromatic heterocycles. The maximum Gasteiger partial charge on any atom is 0.424 e. The second-order valence-corrected chi connectivity index (χ2v) is 11.3. The predicted octanol–water partition coefficient (Wildman–Crippen LogP) is 6.14. The normalized spacial score (nSPS) is 15.3. The molecule has 1 atom stereocenters. The topological polar surface area (TPSA) is 94.9 Å². The van der Waals surface area contributed by atoms with E-state index in [2.05, 4.69) is 0 Å². The van der Waals surface area contributed by atoms with Crippen molar-refractivity contribution in [3.8, 4) is 11.1 Å². The monoisotopic (exact) mass is 536 g/mol. The van der Waals surface area contributed by atoms with Gasteiger partial charge in [-0.15, -0.1) is 11.6 Å². The molecule has 194 valence electrons. The van der Waals surface area contributed by atoms with E-state index < -0.39 is 35.0 Å². The van der Waals surface area contributed by atoms with Gasteiger partial charge in [-0.3, -0.25) is 9.59 Å². The van der Waals surface area contributed by atoms with Crippen molar-refractivity contribution < 1.29 is 23.9 Å². The molecule has 1 aliphatic rings. The summed E-state index contributed by atoms with van der Waals surface area (Å²) >= 11 is 12.0. The summed E-state index contributed by atoms with van der Waals surface area (Å²) in [7, 11) is 0. The van der Waals surface area contributed by atoms with Gasteiger partial charge in [-0.25, -0.2) is 9.59 Å². The Morgan fingerprint density at radius 3 is 2.11 bits per heavy atom. The summed E-state index contributed by atoms with van der Waals surface area (Å²) in [5.74, 6) is -0.410. The molecule has 0 saturated heterocycles. The van der Waals surface area contributed by atoms with Crippen LogP contribution in [0.15, 0.2) is 35.1 Å². The molecule has 1 aromatic carbocycles. The Morgan fingerprint density at radius 1 is 1.00 bits per heavy atom. The Balaban J connectivity index is 2.18. The number of alkyl halides is 1. The SMILES string of the molecule is CC(C)(C)OC(=O)N(C(=O)OC(C)(C)C)c1ccc(Cl)cc1-c1cc2n(c(=O)c1)C(C(=O)CCl)CC2. The van der Waals surface area contributed by atoms with E-state index >= 15 is 0 Å². The Kier molecular flexibility index (Phi) is 7.91. The number of anilines is 1. The van der Waals surface area contributed by atoms with Gasteiger partial charge in [0, 0.05) is 22.3 Å². The highest BCUT2D eigenvalue weighted by Crippen LogP contribution is 2.36. The quantitative estimate of drug-likeness (QED) is 0.435. The largest absolute Gasteiger partial charge is 0.443 e. The number of hydrogen-bond acceptors (Lipinski definition) is 6. The van der Waals surface area contributed by atoms with Gasteiger partial charge in [0.05, 0.1) is 17.6 Å². The van der Waals surface area contributed by atoms with Crippen LogP contribution >= 0.6 is 23.2 Å². The molecule has 1 aliphatic heterocycles. The van der Waals surface area contributed by atoms with Gasteiger partial charge < -0.3 is 14.0 Å². The number of amides is 2. The molecule has 0 spiro atoms. The summed E-state index contributed by atoms with van der Waals surface area (Å²) in [4.78, 5) is 52.5. The molecule has 0 fully saturated rings. The predicted molar refractivity (Wildman–Crippen MR) is 139 cm³/mol. The summed E-state index contributed by atoms with van der Waals surface area (Å²) < 4.78 is 12.4. The number of nitrogens with zero attached hydrogens (tertiary/aromatic N) is 2. The minimum absolute atomic E-state index is 0.138. The number of aryl methyl sites for hydroxylation is 1. The highest BCUT2D eigenvalue weighted by atomic mass is 35.5. The van der Waals surface area contributed by atoms with Crippen molar-refractivity contribution in [1.29, 1.82) is 0 Å². The summed E-state index contributed by atoms with van der Waals surface area (Å²) in [5.41, 5.74) is -0.602. The maximum atomic E-state index is 13.2. The number of benzene rings is 1. The van der Waals surface area contributed by atoms with Crippen LogP contribution in [0.5, 0.6) is 0 Å². The third-order valence-electron chi connectivity index (χ3n) is 5.30. The van der Waals surface area contributed by atoms with Crippen LogP contribution in [0.4, 0.5) is 15.3 Å². The minimum atomic E-state index is -0.939. The smallest absolute Gasteiger partial charge is 0.424 e. The first-order valence-electron chi connectivity index (χ1n) is 11.5. The number of ketones is 1. The summed E-state index contributed by atoms with van der Waals surface area (Å²) in [6, 6.07) is 7.06. The van der Waals surface area contributed by atoms with E-state index in [0.29, 0.717) is 34.7 Å². The average Bonchev–Trinajstić information content (AvgIpc) is 3.16. The summed E-state index contributed by atoms with van der Waals surface area (Å²) in [5, 5.41) is 0.331. The number of hydrogen-bond donors (Lipinski definition) is 0. The lowest BCUT2D eigenvalue weighted by Gasteiger charge is -2.29. The molecule has 0 aliphatic carbocycles. The molecule has 36 heavy (non-hydrogen) atoms. The molecule has 3 rings (SSSR count). The molecule has 0 radical (unpaired) electrons. The van der Waals surface area contributed by atoms with E-state index in [1.54, 1.807) is 53.7 Å².